The van der Waals surface area contributed by atoms with E-state index in [1.165, 1.54) is 5.56 Å². The lowest BCUT2D eigenvalue weighted by Crippen LogP contribution is -2.43. The van der Waals surface area contributed by atoms with Crippen LogP contribution in [0.3, 0.4) is 0 Å². The molecule has 1 saturated heterocycles. The van der Waals surface area contributed by atoms with Gasteiger partial charge in [-0.25, -0.2) is 14.6 Å². The van der Waals surface area contributed by atoms with E-state index in [4.69, 9.17) is 5.10 Å². The minimum absolute atomic E-state index is 0.0919. The zero-order valence-electron chi connectivity index (χ0n) is 24.8. The third-order valence-electron chi connectivity index (χ3n) is 7.81. The van der Waals surface area contributed by atoms with Gasteiger partial charge >= 0.3 is 0 Å². The Morgan fingerprint density at radius 1 is 0.881 bits per heavy atom. The molecule has 0 spiro atoms. The zero-order valence-corrected chi connectivity index (χ0v) is 24.8. The number of hydrogen-bond donors (Lipinski definition) is 1. The van der Waals surface area contributed by atoms with Crippen LogP contribution >= 0.6 is 0 Å². The van der Waals surface area contributed by atoms with Crippen molar-refractivity contribution in [3.8, 4) is 11.4 Å². The number of carbonyl (C=O) groups is 1. The molecule has 9 nitrogen and oxygen atoms in total. The van der Waals surface area contributed by atoms with Crippen molar-refractivity contribution >= 4 is 22.9 Å². The van der Waals surface area contributed by atoms with E-state index >= 15 is 0 Å². The van der Waals surface area contributed by atoms with Gasteiger partial charge in [0.15, 0.2) is 5.65 Å². The number of likely N-dealkylation sites (N-methyl/N-ethyl adjacent to an activating group) is 1. The molecule has 4 heterocycles. The molecular formula is C33H38N8O. The monoisotopic (exact) mass is 562 g/mol. The van der Waals surface area contributed by atoms with Crippen LogP contribution in [-0.4, -0.2) is 73.2 Å². The van der Waals surface area contributed by atoms with Crippen LogP contribution in [0.25, 0.3) is 22.5 Å². The van der Waals surface area contributed by atoms with Gasteiger partial charge in [-0.05, 0) is 54.6 Å². The third kappa shape index (κ3) is 6.12. The normalized spacial score (nSPS) is 14.9. The van der Waals surface area contributed by atoms with Crippen molar-refractivity contribution in [2.75, 3.05) is 38.5 Å². The molecule has 0 radical (unpaired) electrons. The topological polar surface area (TPSA) is 84.1 Å². The Balaban J connectivity index is 1.16. The highest BCUT2D eigenvalue weighted by Crippen LogP contribution is 2.27. The summed E-state index contributed by atoms with van der Waals surface area (Å²) >= 11 is 0. The summed E-state index contributed by atoms with van der Waals surface area (Å²) in [6, 6.07) is 22.2. The number of carbonyl (C=O) groups excluding carboxylic acids is 1. The summed E-state index contributed by atoms with van der Waals surface area (Å²) in [6.45, 7) is 11.7. The zero-order chi connectivity index (χ0) is 29.3. The standard InChI is InChI=1S/C33H38N8O/c1-33(2,3)29-21-30(41(37-29)27-13-9-25(10-14-27)22-39-18-16-38(4)17-19-39)36-31(42)20-24-7-11-26(12-8-24)40-23-35-28-6-5-15-34-32(28)40/h5-15,21,23H,16-20,22H2,1-4H3,(H,36,42). The van der Waals surface area contributed by atoms with Crippen molar-refractivity contribution in [1.29, 1.82) is 0 Å². The van der Waals surface area contributed by atoms with Crippen molar-refractivity contribution in [3.05, 3.63) is 96.1 Å². The number of piperazine rings is 1. The van der Waals surface area contributed by atoms with Crippen molar-refractivity contribution < 1.29 is 4.79 Å². The highest BCUT2D eigenvalue weighted by atomic mass is 16.1. The van der Waals surface area contributed by atoms with Gasteiger partial charge in [0.05, 0.1) is 17.8 Å². The first-order valence-corrected chi connectivity index (χ1v) is 14.5. The van der Waals surface area contributed by atoms with E-state index in [1.54, 1.807) is 12.5 Å². The predicted octanol–water partition coefficient (Wildman–Crippen LogP) is 4.83. The second-order valence-electron chi connectivity index (χ2n) is 12.2. The van der Waals surface area contributed by atoms with Gasteiger partial charge in [0.2, 0.25) is 5.91 Å². The number of nitrogens with one attached hydrogen (secondary N) is 1. The quantitative estimate of drug-likeness (QED) is 0.306. The third-order valence-corrected chi connectivity index (χ3v) is 7.81. The van der Waals surface area contributed by atoms with Gasteiger partial charge in [0.1, 0.15) is 17.7 Å². The minimum atomic E-state index is -0.158. The maximum Gasteiger partial charge on any atom is 0.229 e. The number of rotatable bonds is 7. The Morgan fingerprint density at radius 2 is 1.57 bits per heavy atom. The van der Waals surface area contributed by atoms with Gasteiger partial charge in [0, 0.05) is 56.1 Å². The molecule has 0 atom stereocenters. The molecule has 9 heteroatoms. The number of fused-ring (bicyclic) bond motifs is 1. The van der Waals surface area contributed by atoms with Gasteiger partial charge < -0.3 is 10.2 Å². The first kappa shape index (κ1) is 27.8. The second kappa shape index (κ2) is 11.5. The van der Waals surface area contributed by atoms with Gasteiger partial charge in [-0.3, -0.25) is 14.3 Å². The number of aromatic nitrogens is 5. The molecule has 1 fully saturated rings. The van der Waals surface area contributed by atoms with Gasteiger partial charge in [-0.2, -0.15) is 5.10 Å². The van der Waals surface area contributed by atoms with Crippen LogP contribution in [0, 0.1) is 0 Å². The number of nitrogens with zero attached hydrogens (tertiary/aromatic N) is 7. The molecule has 3 aromatic heterocycles. The van der Waals surface area contributed by atoms with Crippen LogP contribution in [0.2, 0.25) is 0 Å². The lowest BCUT2D eigenvalue weighted by Gasteiger charge is -2.32. The summed E-state index contributed by atoms with van der Waals surface area (Å²) in [5.74, 6) is 0.579. The summed E-state index contributed by atoms with van der Waals surface area (Å²) in [6.07, 6.45) is 3.79. The van der Waals surface area contributed by atoms with Crippen molar-refractivity contribution in [2.24, 2.45) is 0 Å². The molecule has 2 aromatic carbocycles. The fraction of sp³-hybridized carbons (Fsp3) is 0.333. The van der Waals surface area contributed by atoms with Crippen molar-refractivity contribution in [2.45, 2.75) is 39.2 Å². The maximum absolute atomic E-state index is 13.2. The smallest absolute Gasteiger partial charge is 0.229 e. The number of benzene rings is 2. The average Bonchev–Trinajstić information content (AvgIpc) is 3.60. The van der Waals surface area contributed by atoms with Crippen molar-refractivity contribution in [1.82, 2.24) is 34.1 Å². The molecule has 1 N–H and O–H groups in total. The molecule has 1 aliphatic heterocycles. The molecule has 0 bridgehead atoms. The molecule has 216 valence electrons. The Kier molecular flexibility index (Phi) is 7.62. The summed E-state index contributed by atoms with van der Waals surface area (Å²) in [4.78, 5) is 27.0. The van der Waals surface area contributed by atoms with E-state index in [0.29, 0.717) is 5.82 Å². The van der Waals surface area contributed by atoms with E-state index in [1.807, 2.05) is 51.7 Å². The Hall–Kier alpha value is -4.34. The average molecular weight is 563 g/mol. The van der Waals surface area contributed by atoms with Gasteiger partial charge in [0.25, 0.3) is 0 Å². The molecule has 6 rings (SSSR count). The predicted molar refractivity (Wildman–Crippen MR) is 166 cm³/mol. The lowest BCUT2D eigenvalue weighted by molar-refractivity contribution is -0.115. The Morgan fingerprint density at radius 3 is 2.29 bits per heavy atom. The van der Waals surface area contributed by atoms with E-state index in [-0.39, 0.29) is 17.7 Å². The number of amides is 1. The van der Waals surface area contributed by atoms with Crippen LogP contribution in [0.4, 0.5) is 5.82 Å². The summed E-state index contributed by atoms with van der Waals surface area (Å²) in [5, 5.41) is 8.03. The largest absolute Gasteiger partial charge is 0.310 e. The number of anilines is 1. The summed E-state index contributed by atoms with van der Waals surface area (Å²) in [5.41, 5.74) is 6.48. The summed E-state index contributed by atoms with van der Waals surface area (Å²) < 4.78 is 3.79. The van der Waals surface area contributed by atoms with Gasteiger partial charge in [-0.15, -0.1) is 0 Å². The van der Waals surface area contributed by atoms with Gasteiger partial charge in [-0.1, -0.05) is 45.0 Å². The van der Waals surface area contributed by atoms with Crippen LogP contribution in [0.5, 0.6) is 0 Å². The summed E-state index contributed by atoms with van der Waals surface area (Å²) in [7, 11) is 2.18. The van der Waals surface area contributed by atoms with Crippen molar-refractivity contribution in [3.63, 3.8) is 0 Å². The SMILES string of the molecule is CN1CCN(Cc2ccc(-n3nc(C(C)(C)C)cc3NC(=O)Cc3ccc(-n4cnc5cccnc54)cc3)cc2)CC1. The molecule has 42 heavy (non-hydrogen) atoms. The number of imidazole rings is 1. The molecule has 0 unspecified atom stereocenters. The maximum atomic E-state index is 13.2. The molecule has 0 aliphatic carbocycles. The van der Waals surface area contributed by atoms with Crippen LogP contribution in [0.1, 0.15) is 37.6 Å². The molecular weight excluding hydrogens is 524 g/mol. The molecule has 1 aliphatic rings. The second-order valence-corrected chi connectivity index (χ2v) is 12.2. The van der Waals surface area contributed by atoms with E-state index in [9.17, 15) is 4.79 Å². The molecule has 0 saturated carbocycles. The van der Waals surface area contributed by atoms with E-state index in [0.717, 1.165) is 66.5 Å². The Labute approximate surface area is 246 Å². The fourth-order valence-corrected chi connectivity index (χ4v) is 5.23. The minimum Gasteiger partial charge on any atom is -0.310 e. The number of pyridine rings is 1. The van der Waals surface area contributed by atoms with Crippen LogP contribution < -0.4 is 5.32 Å². The lowest BCUT2D eigenvalue weighted by atomic mass is 9.92. The fourth-order valence-electron chi connectivity index (χ4n) is 5.23. The van der Waals surface area contributed by atoms with E-state index < -0.39 is 0 Å². The highest BCUT2D eigenvalue weighted by Gasteiger charge is 2.22. The molecule has 1 amide bonds. The van der Waals surface area contributed by atoms with Crippen LogP contribution in [0.15, 0.2) is 79.3 Å². The first-order chi connectivity index (χ1) is 20.2. The van der Waals surface area contributed by atoms with Crippen LogP contribution in [-0.2, 0) is 23.2 Å². The van der Waals surface area contributed by atoms with E-state index in [2.05, 4.69) is 77.2 Å². The molecule has 5 aromatic rings. The highest BCUT2D eigenvalue weighted by molar-refractivity contribution is 5.92. The Bertz CT molecular complexity index is 1670. The first-order valence-electron chi connectivity index (χ1n) is 14.5. The number of hydrogen-bond acceptors (Lipinski definition) is 6.